The summed E-state index contributed by atoms with van der Waals surface area (Å²) in [6, 6.07) is 0. The number of rotatable bonds is 8. The molecule has 0 aromatic carbocycles. The predicted octanol–water partition coefficient (Wildman–Crippen LogP) is 8.13. The van der Waals surface area contributed by atoms with Gasteiger partial charge in [-0.2, -0.15) is 0 Å². The van der Waals surface area contributed by atoms with Crippen molar-refractivity contribution in [3.63, 3.8) is 0 Å². The molecule has 0 heterocycles. The number of hydrogen-bond acceptors (Lipinski definition) is 0. The molecule has 2 heteroatoms. The minimum Gasteiger partial charge on any atom is -0.207 e. The fourth-order valence-electron chi connectivity index (χ4n) is 6.28. The molecule has 2 saturated carbocycles. The van der Waals surface area contributed by atoms with Crippen molar-refractivity contribution in [2.24, 2.45) is 35.0 Å². The van der Waals surface area contributed by atoms with Crippen LogP contribution in [0.2, 0.25) is 0 Å². The molecular formula is C25H42F2. The summed E-state index contributed by atoms with van der Waals surface area (Å²) in [6.07, 6.45) is 22.6. The topological polar surface area (TPSA) is 0 Å². The quantitative estimate of drug-likeness (QED) is 0.294. The summed E-state index contributed by atoms with van der Waals surface area (Å²) in [7, 11) is 0. The second kappa shape index (κ2) is 10.6. The Morgan fingerprint density at radius 2 is 1.74 bits per heavy atom. The zero-order valence-corrected chi connectivity index (χ0v) is 18.3. The van der Waals surface area contributed by atoms with Crippen molar-refractivity contribution in [1.82, 2.24) is 0 Å². The number of hydrogen-bond donors (Lipinski definition) is 0. The molecule has 0 nitrogen and oxygen atoms in total. The first-order chi connectivity index (χ1) is 12.8. The van der Waals surface area contributed by atoms with Crippen LogP contribution in [0.25, 0.3) is 0 Å². The van der Waals surface area contributed by atoms with Crippen LogP contribution in [0.15, 0.2) is 12.2 Å². The average molecular weight is 381 g/mol. The Bertz CT molecular complexity index is 468. The lowest BCUT2D eigenvalue weighted by molar-refractivity contribution is -0.110. The third kappa shape index (κ3) is 5.58. The van der Waals surface area contributed by atoms with Crippen molar-refractivity contribution < 1.29 is 8.78 Å². The highest BCUT2D eigenvalue weighted by Gasteiger charge is 2.58. The predicted molar refractivity (Wildman–Crippen MR) is 114 cm³/mol. The Kier molecular flexibility index (Phi) is 9.53. The lowest BCUT2D eigenvalue weighted by Crippen LogP contribution is -2.45. The summed E-state index contributed by atoms with van der Waals surface area (Å²) in [5, 5.41) is 0. The van der Waals surface area contributed by atoms with E-state index in [4.69, 9.17) is 0 Å². The van der Waals surface area contributed by atoms with E-state index in [2.05, 4.69) is 52.7 Å². The van der Waals surface area contributed by atoms with Crippen molar-refractivity contribution in [1.29, 1.82) is 0 Å². The van der Waals surface area contributed by atoms with Crippen LogP contribution in [0.1, 0.15) is 92.4 Å². The first-order valence-corrected chi connectivity index (χ1v) is 11.2. The number of allylic oxidation sites excluding steroid dienone is 2. The molecule has 2 aliphatic carbocycles. The molecule has 27 heavy (non-hydrogen) atoms. The van der Waals surface area contributed by atoms with E-state index in [0.29, 0.717) is 17.8 Å². The highest BCUT2D eigenvalue weighted by Crippen LogP contribution is 2.63. The molecule has 0 N–H and O–H groups in total. The summed E-state index contributed by atoms with van der Waals surface area (Å²) < 4.78 is 28.4. The van der Waals surface area contributed by atoms with Crippen LogP contribution in [0.3, 0.4) is 0 Å². The Hall–Kier alpha value is -0.840. The fraction of sp³-hybridized carbons (Fsp3) is 0.840. The van der Waals surface area contributed by atoms with Gasteiger partial charge in [0.15, 0.2) is 0 Å². The van der Waals surface area contributed by atoms with E-state index in [1.807, 2.05) is 0 Å². The fourth-order valence-corrected chi connectivity index (χ4v) is 6.28. The lowest BCUT2D eigenvalue weighted by Gasteiger charge is -2.49. The van der Waals surface area contributed by atoms with Gasteiger partial charge in [0.2, 0.25) is 5.92 Å². The molecule has 5 atom stereocenters. The Morgan fingerprint density at radius 1 is 1.11 bits per heavy atom. The van der Waals surface area contributed by atoms with Gasteiger partial charge in [0.25, 0.3) is 0 Å². The van der Waals surface area contributed by atoms with Crippen LogP contribution >= 0.6 is 0 Å². The maximum atomic E-state index is 14.2. The van der Waals surface area contributed by atoms with E-state index in [-0.39, 0.29) is 5.41 Å². The SMILES string of the molecule is C#C.CCC(/C=C/CCC1C(CC)CCC2(C)C1CCC2C(C)(F)F)CC. The second-order valence-corrected chi connectivity index (χ2v) is 9.15. The van der Waals surface area contributed by atoms with Crippen LogP contribution in [0.4, 0.5) is 8.78 Å². The van der Waals surface area contributed by atoms with Gasteiger partial charge in [0.05, 0.1) is 0 Å². The van der Waals surface area contributed by atoms with Gasteiger partial charge < -0.3 is 0 Å². The summed E-state index contributed by atoms with van der Waals surface area (Å²) in [5.74, 6) is -0.351. The van der Waals surface area contributed by atoms with Crippen molar-refractivity contribution in [3.05, 3.63) is 12.2 Å². The average Bonchev–Trinajstić information content (AvgIpc) is 3.01. The number of terminal acetylenes is 1. The molecule has 2 aliphatic rings. The summed E-state index contributed by atoms with van der Waals surface area (Å²) >= 11 is 0. The van der Waals surface area contributed by atoms with Crippen LogP contribution in [0.5, 0.6) is 0 Å². The normalized spacial score (nSPS) is 33.7. The zero-order valence-electron chi connectivity index (χ0n) is 18.3. The summed E-state index contributed by atoms with van der Waals surface area (Å²) in [4.78, 5) is 0. The van der Waals surface area contributed by atoms with E-state index < -0.39 is 11.8 Å². The van der Waals surface area contributed by atoms with Crippen molar-refractivity contribution >= 4 is 0 Å². The van der Waals surface area contributed by atoms with Gasteiger partial charge in [-0.15, -0.1) is 12.8 Å². The molecule has 0 aromatic rings. The second-order valence-electron chi connectivity index (χ2n) is 9.15. The van der Waals surface area contributed by atoms with Gasteiger partial charge in [-0.3, -0.25) is 0 Å². The zero-order chi connectivity index (χ0) is 20.7. The molecule has 0 saturated heterocycles. The van der Waals surface area contributed by atoms with E-state index in [0.717, 1.165) is 44.9 Å². The molecule has 0 aliphatic heterocycles. The number of halogens is 2. The van der Waals surface area contributed by atoms with Crippen LogP contribution in [0, 0.1) is 47.9 Å². The molecule has 0 amide bonds. The molecular weight excluding hydrogens is 338 g/mol. The third-order valence-electron chi connectivity index (χ3n) is 7.85. The molecule has 0 bridgehead atoms. The first kappa shape index (κ1) is 24.2. The summed E-state index contributed by atoms with van der Waals surface area (Å²) in [6.45, 7) is 10.1. The molecule has 5 unspecified atom stereocenters. The maximum Gasteiger partial charge on any atom is 0.248 e. The van der Waals surface area contributed by atoms with Crippen molar-refractivity contribution in [2.45, 2.75) is 98.3 Å². The van der Waals surface area contributed by atoms with Crippen LogP contribution in [-0.2, 0) is 0 Å². The molecule has 156 valence electrons. The minimum absolute atomic E-state index is 0.145. The van der Waals surface area contributed by atoms with E-state index in [9.17, 15) is 8.78 Å². The molecule has 2 fully saturated rings. The van der Waals surface area contributed by atoms with Crippen LogP contribution in [-0.4, -0.2) is 5.92 Å². The third-order valence-corrected chi connectivity index (χ3v) is 7.85. The van der Waals surface area contributed by atoms with Gasteiger partial charge in [-0.25, -0.2) is 8.78 Å². The van der Waals surface area contributed by atoms with E-state index >= 15 is 0 Å². The van der Waals surface area contributed by atoms with Gasteiger partial charge in [0, 0.05) is 5.92 Å². The highest BCUT2D eigenvalue weighted by atomic mass is 19.3. The minimum atomic E-state index is -2.53. The Labute approximate surface area is 167 Å². The molecule has 0 aromatic heterocycles. The number of alkyl halides is 2. The van der Waals surface area contributed by atoms with Crippen molar-refractivity contribution in [2.75, 3.05) is 0 Å². The lowest BCUT2D eigenvalue weighted by atomic mass is 9.56. The molecule has 2 rings (SSSR count). The smallest absolute Gasteiger partial charge is 0.207 e. The van der Waals surface area contributed by atoms with E-state index in [1.54, 1.807) is 0 Å². The monoisotopic (exact) mass is 380 g/mol. The summed E-state index contributed by atoms with van der Waals surface area (Å²) in [5.41, 5.74) is -0.145. The van der Waals surface area contributed by atoms with Gasteiger partial charge in [-0.1, -0.05) is 46.3 Å². The van der Waals surface area contributed by atoms with Gasteiger partial charge in [0.1, 0.15) is 0 Å². The van der Waals surface area contributed by atoms with Crippen molar-refractivity contribution in [3.8, 4) is 12.8 Å². The first-order valence-electron chi connectivity index (χ1n) is 11.2. The Morgan fingerprint density at radius 3 is 2.26 bits per heavy atom. The number of fused-ring (bicyclic) bond motifs is 1. The van der Waals surface area contributed by atoms with E-state index in [1.165, 1.54) is 25.7 Å². The van der Waals surface area contributed by atoms with Crippen LogP contribution < -0.4 is 0 Å². The largest absolute Gasteiger partial charge is 0.248 e. The highest BCUT2D eigenvalue weighted by molar-refractivity contribution is 5.05. The maximum absolute atomic E-state index is 14.2. The molecule has 0 spiro atoms. The standard InChI is InChI=1S/C23H40F2.C2H2/c1-6-17(7-2)11-9-10-12-19-18(8-3)15-16-22(4)20(19)13-14-21(22)23(5,24)25;1-2/h9,11,17-21H,6-8,10,12-16H2,1-5H3;1-2H/b11-9+;. The van der Waals surface area contributed by atoms with Gasteiger partial charge in [-0.05, 0) is 87.4 Å². The van der Waals surface area contributed by atoms with Gasteiger partial charge >= 0.3 is 0 Å². The molecule has 0 radical (unpaired) electrons. The Balaban J connectivity index is 0.00000176.